The normalized spacial score (nSPS) is 18.8. The second-order valence-corrected chi connectivity index (χ2v) is 13.3. The Morgan fingerprint density at radius 3 is 2.35 bits per heavy atom. The van der Waals surface area contributed by atoms with Gasteiger partial charge in [-0.25, -0.2) is 14.2 Å². The number of aliphatic hydroxyl groups excluding tert-OH is 1. The highest BCUT2D eigenvalue weighted by Crippen LogP contribution is 2.47. The molecule has 2 aromatic carbocycles. The van der Waals surface area contributed by atoms with Crippen LogP contribution in [0.5, 0.6) is 11.5 Å². The number of anilines is 1. The van der Waals surface area contributed by atoms with Gasteiger partial charge < -0.3 is 35.5 Å². The first-order chi connectivity index (χ1) is 22.8. The number of rotatable bonds is 10. The number of pyridine rings is 1. The molecule has 5 rings (SSSR count). The van der Waals surface area contributed by atoms with E-state index in [1.807, 2.05) is 0 Å². The third kappa shape index (κ3) is 7.73. The minimum Gasteiger partial charge on any atom is -0.487 e. The summed E-state index contributed by atoms with van der Waals surface area (Å²) in [4.78, 5) is 31.9. The molecule has 3 aromatic rings. The zero-order valence-corrected chi connectivity index (χ0v) is 27.4. The molecule has 264 valence electrons. The number of nitrogens with one attached hydrogen (secondary N) is 1. The van der Waals surface area contributed by atoms with Gasteiger partial charge in [-0.2, -0.15) is 13.2 Å². The Bertz CT molecular complexity index is 1720. The molecular weight excluding hydrogens is 652 g/mol. The van der Waals surface area contributed by atoms with Crippen molar-refractivity contribution < 1.29 is 51.6 Å². The first kappa shape index (κ1) is 35.8. The number of amides is 2. The molecule has 0 radical (unpaired) electrons. The maximum Gasteiger partial charge on any atom is 0.424 e. The van der Waals surface area contributed by atoms with Crippen LogP contribution in [0.4, 0.5) is 28.0 Å². The van der Waals surface area contributed by atoms with E-state index in [0.29, 0.717) is 5.75 Å². The van der Waals surface area contributed by atoms with Crippen molar-refractivity contribution in [1.82, 2.24) is 10.3 Å². The van der Waals surface area contributed by atoms with Crippen LogP contribution in [0, 0.1) is 5.82 Å². The molecule has 2 amide bonds. The number of hydrogen-bond acceptors (Lipinski definition) is 9. The first-order valence-electron chi connectivity index (χ1n) is 15.6. The van der Waals surface area contributed by atoms with Crippen LogP contribution in [-0.4, -0.2) is 71.4 Å². The third-order valence-electron chi connectivity index (χ3n) is 7.87. The second-order valence-electron chi connectivity index (χ2n) is 13.3. The average molecular weight is 691 g/mol. The van der Waals surface area contributed by atoms with Gasteiger partial charge in [0.1, 0.15) is 18.0 Å². The fourth-order valence-corrected chi connectivity index (χ4v) is 5.26. The molecule has 1 unspecified atom stereocenters. The number of hydrogen-bond donors (Lipinski definition) is 4. The molecule has 0 saturated heterocycles. The van der Waals surface area contributed by atoms with Gasteiger partial charge in [-0.3, -0.25) is 9.69 Å². The number of ether oxygens (including phenoxy) is 3. The Kier molecular flexibility index (Phi) is 9.58. The van der Waals surface area contributed by atoms with Crippen LogP contribution in [0.3, 0.4) is 0 Å². The van der Waals surface area contributed by atoms with Crippen molar-refractivity contribution in [3.63, 3.8) is 0 Å². The van der Waals surface area contributed by atoms with Crippen LogP contribution in [0.1, 0.15) is 62.2 Å². The lowest BCUT2D eigenvalue weighted by Crippen LogP contribution is -2.51. The zero-order chi connectivity index (χ0) is 35.9. The summed E-state index contributed by atoms with van der Waals surface area (Å²) in [5.41, 5.74) is -0.583. The van der Waals surface area contributed by atoms with E-state index in [4.69, 9.17) is 19.9 Å². The van der Waals surface area contributed by atoms with Gasteiger partial charge >= 0.3 is 12.3 Å². The molecule has 0 bridgehead atoms. The molecule has 15 heteroatoms. The predicted molar refractivity (Wildman–Crippen MR) is 170 cm³/mol. The largest absolute Gasteiger partial charge is 0.487 e. The number of carbonyl (C=O) groups excluding carboxylic acids is 2. The van der Waals surface area contributed by atoms with E-state index in [2.05, 4.69) is 10.3 Å². The summed E-state index contributed by atoms with van der Waals surface area (Å²) in [6.07, 6.45) is -4.58. The van der Waals surface area contributed by atoms with Crippen molar-refractivity contribution >= 4 is 17.7 Å². The number of carbonyl (C=O) groups is 2. The van der Waals surface area contributed by atoms with E-state index < -0.39 is 53.0 Å². The summed E-state index contributed by atoms with van der Waals surface area (Å²) in [7, 11) is 0. The van der Waals surface area contributed by atoms with Crippen molar-refractivity contribution in [3.05, 3.63) is 71.2 Å². The van der Waals surface area contributed by atoms with Crippen LogP contribution < -0.4 is 25.4 Å². The summed E-state index contributed by atoms with van der Waals surface area (Å²) in [6, 6.07) is 9.66. The van der Waals surface area contributed by atoms with Gasteiger partial charge in [0.05, 0.1) is 48.4 Å². The zero-order valence-electron chi connectivity index (χ0n) is 27.4. The molecule has 1 aliphatic carbocycles. The smallest absolute Gasteiger partial charge is 0.424 e. The van der Waals surface area contributed by atoms with Crippen molar-refractivity contribution in [1.29, 1.82) is 0 Å². The minimum absolute atomic E-state index is 0.0239. The summed E-state index contributed by atoms with van der Waals surface area (Å²) in [5.74, 6) is -1.19. The number of halogens is 4. The van der Waals surface area contributed by atoms with Crippen molar-refractivity contribution in [2.45, 2.75) is 69.6 Å². The molecule has 2 atom stereocenters. The van der Waals surface area contributed by atoms with Gasteiger partial charge in [-0.05, 0) is 89.1 Å². The highest BCUT2D eigenvalue weighted by Gasteiger charge is 2.57. The summed E-state index contributed by atoms with van der Waals surface area (Å²) in [6.45, 7) is 4.39. The van der Waals surface area contributed by atoms with Gasteiger partial charge in [0.15, 0.2) is 11.5 Å². The molecule has 11 nitrogen and oxygen atoms in total. The molecule has 5 N–H and O–H groups in total. The maximum absolute atomic E-state index is 14.9. The van der Waals surface area contributed by atoms with Crippen LogP contribution in [0.15, 0.2) is 48.5 Å². The quantitative estimate of drug-likeness (QED) is 0.217. The summed E-state index contributed by atoms with van der Waals surface area (Å²) < 4.78 is 75.3. The topological polar surface area (TPSA) is 156 Å². The van der Waals surface area contributed by atoms with Crippen molar-refractivity contribution in [3.8, 4) is 22.8 Å². The van der Waals surface area contributed by atoms with E-state index in [9.17, 15) is 37.4 Å². The average Bonchev–Trinajstić information content (AvgIpc) is 3.79. The molecule has 1 saturated carbocycles. The maximum atomic E-state index is 14.9. The van der Waals surface area contributed by atoms with Crippen LogP contribution in [-0.2, 0) is 15.9 Å². The number of nitrogens with zero attached hydrogens (tertiary/aromatic N) is 2. The number of alkyl halides is 3. The van der Waals surface area contributed by atoms with E-state index in [-0.39, 0.29) is 59.7 Å². The van der Waals surface area contributed by atoms with Gasteiger partial charge in [-0.1, -0.05) is 0 Å². The Morgan fingerprint density at radius 1 is 1.08 bits per heavy atom. The Morgan fingerprint density at radius 2 is 1.76 bits per heavy atom. The third-order valence-corrected chi connectivity index (χ3v) is 7.87. The van der Waals surface area contributed by atoms with Gasteiger partial charge in [0, 0.05) is 16.7 Å². The number of nitrogens with two attached hydrogens (primary N) is 1. The SMILES string of the molecule is CC(C)(C)OC(=O)N1C[C@@](C)(N)c2cc(C(O)(CNC(=O)c3ccc(OC4CC4)c(OCCO)c3)C(F)(F)F)nc(-c3ccc(F)cc3)c21. The molecule has 2 aliphatic rings. The van der Waals surface area contributed by atoms with Crippen LogP contribution in [0.2, 0.25) is 0 Å². The van der Waals surface area contributed by atoms with Gasteiger partial charge in [0.2, 0.25) is 5.60 Å². The molecule has 0 spiro atoms. The predicted octanol–water partition coefficient (Wildman–Crippen LogP) is 4.91. The standard InChI is InChI=1S/C34H38F4N4O7/c1-31(2,3)49-30(45)42-18-32(4,39)23-16-26(41-27(28(23)42)19-5-8-21(35)9-6-19)33(46,34(36,37)38)17-40-29(44)20-7-12-24(48-22-10-11-22)25(15-20)47-14-13-43/h5-9,12,15-16,22,43,46H,10-11,13-14,17-18,39H2,1-4H3,(H,40,44)/t32-,33?/m1/s1. The molecular formula is C34H38F4N4O7. The van der Waals surface area contributed by atoms with E-state index in [0.717, 1.165) is 35.9 Å². The lowest BCUT2D eigenvalue weighted by molar-refractivity contribution is -0.265. The first-order valence-corrected chi connectivity index (χ1v) is 15.6. The number of aliphatic hydroxyl groups is 2. The fraction of sp³-hybridized carbons (Fsp3) is 0.441. The minimum atomic E-state index is -5.38. The molecule has 49 heavy (non-hydrogen) atoms. The lowest BCUT2D eigenvalue weighted by Gasteiger charge is -2.32. The molecule has 1 fully saturated rings. The summed E-state index contributed by atoms with van der Waals surface area (Å²) in [5, 5.41) is 22.7. The molecule has 2 heterocycles. The summed E-state index contributed by atoms with van der Waals surface area (Å²) >= 11 is 0. The van der Waals surface area contributed by atoms with Gasteiger partial charge in [-0.15, -0.1) is 0 Å². The lowest BCUT2D eigenvalue weighted by atomic mass is 9.89. The monoisotopic (exact) mass is 690 g/mol. The van der Waals surface area contributed by atoms with Crippen molar-refractivity contribution in [2.75, 3.05) is 31.2 Å². The molecule has 1 aliphatic heterocycles. The Labute approximate surface area is 280 Å². The second kappa shape index (κ2) is 13.1. The number of benzene rings is 2. The highest BCUT2D eigenvalue weighted by atomic mass is 19.4. The van der Waals surface area contributed by atoms with Crippen LogP contribution in [0.25, 0.3) is 11.3 Å². The fourth-order valence-electron chi connectivity index (χ4n) is 5.26. The number of fused-ring (bicyclic) bond motifs is 1. The van der Waals surface area contributed by atoms with E-state index >= 15 is 0 Å². The highest BCUT2D eigenvalue weighted by molar-refractivity contribution is 5.97. The van der Waals surface area contributed by atoms with E-state index in [1.54, 1.807) is 20.8 Å². The van der Waals surface area contributed by atoms with Crippen molar-refractivity contribution in [2.24, 2.45) is 5.73 Å². The Hall–Kier alpha value is -4.47. The Balaban J connectivity index is 1.55. The molecule has 1 aromatic heterocycles. The van der Waals surface area contributed by atoms with E-state index in [1.165, 1.54) is 37.3 Å². The van der Waals surface area contributed by atoms with Crippen LogP contribution >= 0.6 is 0 Å². The number of aromatic nitrogens is 1. The van der Waals surface area contributed by atoms with Gasteiger partial charge in [0.25, 0.3) is 5.91 Å².